The molecule has 0 fully saturated rings. The molecule has 0 N–H and O–H groups in total. The molecule has 0 aromatic heterocycles. The highest BCUT2D eigenvalue weighted by atomic mass is 79.9. The van der Waals surface area contributed by atoms with Gasteiger partial charge in [-0.15, -0.1) is 0 Å². The Morgan fingerprint density at radius 3 is 1.89 bits per heavy atom. The molecule has 0 aliphatic carbocycles. The van der Waals surface area contributed by atoms with Crippen molar-refractivity contribution in [2.45, 2.75) is 6.43 Å². The lowest BCUT2D eigenvalue weighted by atomic mass is 10.5. The minimum Gasteiger partial charge on any atom is -0.208 e. The van der Waals surface area contributed by atoms with Crippen LogP contribution in [0, 0.1) is 0 Å². The fourth-order valence-corrected chi connectivity index (χ4v) is 0.450. The normalized spacial score (nSPS) is 14.0. The maximum Gasteiger partial charge on any atom is 0.292 e. The van der Waals surface area contributed by atoms with Crippen molar-refractivity contribution in [2.24, 2.45) is 0 Å². The molecule has 0 bridgehead atoms. The number of allylic oxidation sites excluding steroid dienone is 2. The third-order valence-electron chi connectivity index (χ3n) is 0.568. The monoisotopic (exact) mass is 206 g/mol. The molecule has 0 aromatic carbocycles. The van der Waals surface area contributed by atoms with Gasteiger partial charge in [-0.3, -0.25) is 0 Å². The van der Waals surface area contributed by atoms with Gasteiger partial charge < -0.3 is 0 Å². The maximum absolute atomic E-state index is 11.8. The summed E-state index contributed by atoms with van der Waals surface area (Å²) < 4.78 is 45.7. The van der Waals surface area contributed by atoms with Gasteiger partial charge in [0.05, 0.1) is 5.33 Å². The van der Waals surface area contributed by atoms with Crippen LogP contribution in [0.1, 0.15) is 0 Å². The zero-order chi connectivity index (χ0) is 7.44. The van der Waals surface area contributed by atoms with Crippen molar-refractivity contribution in [3.05, 3.63) is 11.7 Å². The Hall–Kier alpha value is -0.0600. The van der Waals surface area contributed by atoms with Crippen LogP contribution < -0.4 is 0 Å². The first-order valence-corrected chi connectivity index (χ1v) is 3.10. The average molecular weight is 207 g/mol. The van der Waals surface area contributed by atoms with Gasteiger partial charge in [-0.1, -0.05) is 15.9 Å². The van der Waals surface area contributed by atoms with Gasteiger partial charge in [0.25, 0.3) is 6.43 Å². The summed E-state index contributed by atoms with van der Waals surface area (Å²) in [6, 6.07) is 0. The number of hydrogen-bond acceptors (Lipinski definition) is 0. The van der Waals surface area contributed by atoms with Gasteiger partial charge in [0.1, 0.15) is 5.83 Å². The molecule has 0 spiro atoms. The van der Waals surface area contributed by atoms with Gasteiger partial charge in [0, 0.05) is 0 Å². The summed E-state index contributed by atoms with van der Waals surface area (Å²) >= 11 is 2.48. The van der Waals surface area contributed by atoms with E-state index >= 15 is 0 Å². The molecule has 0 aliphatic heterocycles. The van der Waals surface area contributed by atoms with Gasteiger partial charge in [0.15, 0.2) is 5.83 Å². The number of halogens is 5. The van der Waals surface area contributed by atoms with Crippen LogP contribution in [0.2, 0.25) is 0 Å². The van der Waals surface area contributed by atoms with Gasteiger partial charge in [-0.05, 0) is 0 Å². The van der Waals surface area contributed by atoms with Crippen LogP contribution in [-0.2, 0) is 0 Å². The topological polar surface area (TPSA) is 0 Å². The zero-order valence-corrected chi connectivity index (χ0v) is 5.76. The molecule has 0 aromatic rings. The molecule has 5 heteroatoms. The van der Waals surface area contributed by atoms with E-state index in [1.165, 1.54) is 0 Å². The molecule has 0 saturated heterocycles. The van der Waals surface area contributed by atoms with E-state index in [0.29, 0.717) is 0 Å². The zero-order valence-electron chi connectivity index (χ0n) is 4.17. The van der Waals surface area contributed by atoms with Crippen molar-refractivity contribution in [2.75, 3.05) is 5.33 Å². The Morgan fingerprint density at radius 2 is 1.78 bits per heavy atom. The van der Waals surface area contributed by atoms with Crippen LogP contribution in [-0.4, -0.2) is 11.8 Å². The lowest BCUT2D eigenvalue weighted by Gasteiger charge is -1.93. The quantitative estimate of drug-likeness (QED) is 0.482. The Bertz CT molecular complexity index is 120. The minimum absolute atomic E-state index is 0.511. The summed E-state index contributed by atoms with van der Waals surface area (Å²) in [6.07, 6.45) is -3.34. The van der Waals surface area contributed by atoms with Crippen molar-refractivity contribution < 1.29 is 17.6 Å². The summed E-state index contributed by atoms with van der Waals surface area (Å²) in [5.74, 6) is -3.45. The van der Waals surface area contributed by atoms with Crippen molar-refractivity contribution in [3.63, 3.8) is 0 Å². The lowest BCUT2D eigenvalue weighted by Crippen LogP contribution is -1.93. The molecule has 9 heavy (non-hydrogen) atoms. The lowest BCUT2D eigenvalue weighted by molar-refractivity contribution is 0.153. The standard InChI is InChI=1S/C4H3BrF4/c5-1-2(6)3(7)4(8)9/h4H,1H2/b3-2-. The Kier molecular flexibility index (Phi) is 3.84. The Morgan fingerprint density at radius 1 is 1.33 bits per heavy atom. The maximum atomic E-state index is 11.8. The van der Waals surface area contributed by atoms with Crippen LogP contribution in [0.25, 0.3) is 0 Å². The molecule has 0 heterocycles. The van der Waals surface area contributed by atoms with E-state index in [9.17, 15) is 17.6 Å². The fraction of sp³-hybridized carbons (Fsp3) is 0.500. The largest absolute Gasteiger partial charge is 0.292 e. The highest BCUT2D eigenvalue weighted by Crippen LogP contribution is 2.17. The molecule has 0 radical (unpaired) electrons. The molecule has 54 valence electrons. The van der Waals surface area contributed by atoms with Crippen molar-refractivity contribution in [3.8, 4) is 0 Å². The SMILES string of the molecule is F/C(CBr)=C(\F)C(F)F. The highest BCUT2D eigenvalue weighted by Gasteiger charge is 2.15. The van der Waals surface area contributed by atoms with Crippen molar-refractivity contribution in [1.82, 2.24) is 0 Å². The van der Waals surface area contributed by atoms with E-state index in [4.69, 9.17) is 0 Å². The first kappa shape index (κ1) is 8.94. The molecule has 0 rings (SSSR count). The summed E-state index contributed by atoms with van der Waals surface area (Å²) in [7, 11) is 0. The van der Waals surface area contributed by atoms with Gasteiger partial charge in [-0.25, -0.2) is 17.6 Å². The Labute approximate surface area is 57.7 Å². The molecular weight excluding hydrogens is 204 g/mol. The minimum atomic E-state index is -3.34. The van der Waals surface area contributed by atoms with Gasteiger partial charge >= 0.3 is 0 Å². The third kappa shape index (κ3) is 2.84. The first-order valence-electron chi connectivity index (χ1n) is 1.97. The van der Waals surface area contributed by atoms with E-state index in [1.54, 1.807) is 0 Å². The summed E-state index contributed by atoms with van der Waals surface area (Å²) in [5, 5.41) is -0.511. The second kappa shape index (κ2) is 3.87. The van der Waals surface area contributed by atoms with E-state index in [2.05, 4.69) is 15.9 Å². The van der Waals surface area contributed by atoms with E-state index in [0.717, 1.165) is 0 Å². The molecule has 0 aliphatic rings. The average Bonchev–Trinajstić information content (AvgIpc) is 1.84. The molecule has 0 saturated carbocycles. The van der Waals surface area contributed by atoms with Crippen molar-refractivity contribution in [1.29, 1.82) is 0 Å². The number of alkyl halides is 3. The van der Waals surface area contributed by atoms with Crippen LogP contribution in [0.5, 0.6) is 0 Å². The smallest absolute Gasteiger partial charge is 0.208 e. The number of hydrogen-bond donors (Lipinski definition) is 0. The predicted octanol–water partition coefficient (Wildman–Crippen LogP) is 2.80. The Balaban J connectivity index is 4.10. The van der Waals surface area contributed by atoms with E-state index < -0.39 is 23.4 Å². The van der Waals surface area contributed by atoms with Gasteiger partial charge in [-0.2, -0.15) is 0 Å². The first-order chi connectivity index (χ1) is 4.09. The predicted molar refractivity (Wildman–Crippen MR) is 29.0 cm³/mol. The second-order valence-electron chi connectivity index (χ2n) is 1.19. The van der Waals surface area contributed by atoms with Crippen molar-refractivity contribution >= 4 is 15.9 Å². The third-order valence-corrected chi connectivity index (χ3v) is 1.06. The molecule has 0 nitrogen and oxygen atoms in total. The number of rotatable bonds is 2. The summed E-state index contributed by atoms with van der Waals surface area (Å²) in [6.45, 7) is 0. The highest BCUT2D eigenvalue weighted by molar-refractivity contribution is 9.09. The van der Waals surface area contributed by atoms with Crippen LogP contribution >= 0.6 is 15.9 Å². The van der Waals surface area contributed by atoms with Crippen LogP contribution in [0.3, 0.4) is 0 Å². The summed E-state index contributed by atoms with van der Waals surface area (Å²) in [5.41, 5.74) is 0. The molecule has 0 unspecified atom stereocenters. The fourth-order valence-electron chi connectivity index (χ4n) is 0.182. The van der Waals surface area contributed by atoms with Gasteiger partial charge in [0.2, 0.25) is 0 Å². The second-order valence-corrected chi connectivity index (χ2v) is 1.75. The molecule has 0 amide bonds. The molecule has 0 atom stereocenters. The van der Waals surface area contributed by atoms with Crippen LogP contribution in [0.15, 0.2) is 11.7 Å². The van der Waals surface area contributed by atoms with Crippen LogP contribution in [0.4, 0.5) is 17.6 Å². The van der Waals surface area contributed by atoms with E-state index in [-0.39, 0.29) is 0 Å². The molecular formula is C4H3BrF4. The summed E-state index contributed by atoms with van der Waals surface area (Å²) in [4.78, 5) is 0. The van der Waals surface area contributed by atoms with E-state index in [1.807, 2.05) is 0 Å².